The number of amides is 1. The van der Waals surface area contributed by atoms with E-state index in [9.17, 15) is 4.79 Å². The second kappa shape index (κ2) is 8.18. The average Bonchev–Trinajstić information content (AvgIpc) is 3.28. The van der Waals surface area contributed by atoms with Crippen LogP contribution in [0.5, 0.6) is 0 Å². The highest BCUT2D eigenvalue weighted by molar-refractivity contribution is 5.94. The van der Waals surface area contributed by atoms with Gasteiger partial charge in [0, 0.05) is 31.0 Å². The fraction of sp³-hybridized carbons (Fsp3) is 0.273. The molecule has 2 heterocycles. The number of benzene rings is 2. The Hall–Kier alpha value is -2.92. The lowest BCUT2D eigenvalue weighted by molar-refractivity contribution is 0.0951. The number of hydrogen-bond donors (Lipinski definition) is 2. The Kier molecular flexibility index (Phi) is 5.30. The van der Waals surface area contributed by atoms with E-state index in [0.717, 1.165) is 24.3 Å². The molecule has 1 aliphatic rings. The van der Waals surface area contributed by atoms with E-state index in [-0.39, 0.29) is 5.91 Å². The van der Waals surface area contributed by atoms with Gasteiger partial charge < -0.3 is 10.6 Å². The van der Waals surface area contributed by atoms with Crippen molar-refractivity contribution < 1.29 is 4.79 Å². The van der Waals surface area contributed by atoms with Crippen molar-refractivity contribution in [2.45, 2.75) is 25.3 Å². The molecule has 1 fully saturated rings. The van der Waals surface area contributed by atoms with E-state index in [0.29, 0.717) is 18.0 Å². The molecule has 0 aliphatic carbocycles. The highest BCUT2D eigenvalue weighted by Crippen LogP contribution is 2.23. The highest BCUT2D eigenvalue weighted by atomic mass is 16.1. The number of rotatable bonds is 5. The van der Waals surface area contributed by atoms with Crippen molar-refractivity contribution in [1.29, 1.82) is 0 Å². The van der Waals surface area contributed by atoms with E-state index < -0.39 is 0 Å². The zero-order chi connectivity index (χ0) is 18.5. The molecule has 4 rings (SSSR count). The lowest BCUT2D eigenvalue weighted by atomic mass is 9.91. The lowest BCUT2D eigenvalue weighted by Crippen LogP contribution is -2.28. The van der Waals surface area contributed by atoms with Crippen LogP contribution in [0.1, 0.15) is 40.2 Å². The second-order valence-electron chi connectivity index (χ2n) is 6.97. The van der Waals surface area contributed by atoms with Gasteiger partial charge in [-0.2, -0.15) is 5.10 Å². The zero-order valence-corrected chi connectivity index (χ0v) is 15.3. The van der Waals surface area contributed by atoms with Gasteiger partial charge in [-0.05, 0) is 66.8 Å². The number of nitrogens with one attached hydrogen (secondary N) is 2. The number of hydrogen-bond acceptors (Lipinski definition) is 3. The van der Waals surface area contributed by atoms with E-state index in [2.05, 4.69) is 27.9 Å². The third kappa shape index (κ3) is 4.26. The summed E-state index contributed by atoms with van der Waals surface area (Å²) in [5.41, 5.74) is 4.04. The van der Waals surface area contributed by atoms with Crippen molar-refractivity contribution in [3.05, 3.63) is 83.7 Å². The molecule has 3 aromatic rings. The van der Waals surface area contributed by atoms with Crippen LogP contribution in [-0.2, 0) is 6.54 Å². The van der Waals surface area contributed by atoms with Gasteiger partial charge in [0.15, 0.2) is 0 Å². The predicted octanol–water partition coefficient (Wildman–Crippen LogP) is 3.27. The van der Waals surface area contributed by atoms with E-state index in [1.54, 1.807) is 6.20 Å². The number of carbonyl (C=O) groups excluding carboxylic acids is 1. The average molecular weight is 360 g/mol. The van der Waals surface area contributed by atoms with Crippen LogP contribution in [0.15, 0.2) is 67.0 Å². The molecule has 5 nitrogen and oxygen atoms in total. The van der Waals surface area contributed by atoms with Crippen LogP contribution in [0.25, 0.3) is 5.69 Å². The summed E-state index contributed by atoms with van der Waals surface area (Å²) >= 11 is 0. The summed E-state index contributed by atoms with van der Waals surface area (Å²) in [6.07, 6.45) is 6.08. The molecule has 138 valence electrons. The molecule has 1 amide bonds. The van der Waals surface area contributed by atoms with Crippen molar-refractivity contribution >= 4 is 5.91 Å². The molecule has 1 saturated heterocycles. The van der Waals surface area contributed by atoms with Crippen LogP contribution in [0.4, 0.5) is 0 Å². The maximum Gasteiger partial charge on any atom is 0.251 e. The van der Waals surface area contributed by atoms with Crippen molar-refractivity contribution in [2.75, 3.05) is 13.1 Å². The van der Waals surface area contributed by atoms with Gasteiger partial charge in [-0.3, -0.25) is 4.79 Å². The summed E-state index contributed by atoms with van der Waals surface area (Å²) < 4.78 is 1.81. The minimum Gasteiger partial charge on any atom is -0.348 e. The third-order valence-corrected chi connectivity index (χ3v) is 5.07. The van der Waals surface area contributed by atoms with Gasteiger partial charge in [0.05, 0.1) is 5.69 Å². The van der Waals surface area contributed by atoms with Crippen LogP contribution in [0.3, 0.4) is 0 Å². The first kappa shape index (κ1) is 17.5. The van der Waals surface area contributed by atoms with Crippen molar-refractivity contribution in [2.24, 2.45) is 0 Å². The molecule has 1 atom stereocenters. The van der Waals surface area contributed by atoms with Gasteiger partial charge in [0.25, 0.3) is 5.91 Å². The van der Waals surface area contributed by atoms with Gasteiger partial charge in [-0.15, -0.1) is 0 Å². The van der Waals surface area contributed by atoms with Gasteiger partial charge >= 0.3 is 0 Å². The van der Waals surface area contributed by atoms with Crippen molar-refractivity contribution in [3.63, 3.8) is 0 Å². The molecule has 2 N–H and O–H groups in total. The quantitative estimate of drug-likeness (QED) is 0.734. The van der Waals surface area contributed by atoms with Gasteiger partial charge in [0.2, 0.25) is 0 Å². The Bertz CT molecular complexity index is 881. The summed E-state index contributed by atoms with van der Waals surface area (Å²) in [4.78, 5) is 12.5. The van der Waals surface area contributed by atoms with E-state index >= 15 is 0 Å². The topological polar surface area (TPSA) is 59.0 Å². The fourth-order valence-corrected chi connectivity index (χ4v) is 3.56. The molecule has 0 saturated carbocycles. The Morgan fingerprint density at radius 3 is 2.81 bits per heavy atom. The van der Waals surface area contributed by atoms with Gasteiger partial charge in [-0.25, -0.2) is 4.68 Å². The molecule has 5 heteroatoms. The van der Waals surface area contributed by atoms with Crippen LogP contribution in [-0.4, -0.2) is 28.8 Å². The lowest BCUT2D eigenvalue weighted by Gasteiger charge is -2.23. The summed E-state index contributed by atoms with van der Waals surface area (Å²) in [6.45, 7) is 2.62. The summed E-state index contributed by atoms with van der Waals surface area (Å²) in [5.74, 6) is 0.508. The number of piperidine rings is 1. The first-order valence-corrected chi connectivity index (χ1v) is 9.47. The summed E-state index contributed by atoms with van der Waals surface area (Å²) in [6, 6.07) is 17.9. The summed E-state index contributed by atoms with van der Waals surface area (Å²) in [5, 5.41) is 10.7. The smallest absolute Gasteiger partial charge is 0.251 e. The standard InChI is InChI=1S/C22H24N4O/c27-22(19-9-7-18(8-10-19)20-5-2-11-23-16-20)24-15-17-4-1-6-21(14-17)26-13-3-12-25-26/h1,3-4,6-10,12-14,20,23H,2,5,11,15-16H2,(H,24,27). The molecule has 0 bridgehead atoms. The molecule has 27 heavy (non-hydrogen) atoms. The van der Waals surface area contributed by atoms with Crippen molar-refractivity contribution in [3.8, 4) is 5.69 Å². The number of nitrogens with zero attached hydrogens (tertiary/aromatic N) is 2. The summed E-state index contributed by atoms with van der Waals surface area (Å²) in [7, 11) is 0. The fourth-order valence-electron chi connectivity index (χ4n) is 3.56. The van der Waals surface area contributed by atoms with E-state index in [4.69, 9.17) is 0 Å². The molecule has 1 unspecified atom stereocenters. The molecular weight excluding hydrogens is 336 g/mol. The molecule has 1 aliphatic heterocycles. The van der Waals surface area contributed by atoms with E-state index in [1.165, 1.54) is 18.4 Å². The van der Waals surface area contributed by atoms with Crippen molar-refractivity contribution in [1.82, 2.24) is 20.4 Å². The van der Waals surface area contributed by atoms with Crippen LogP contribution in [0, 0.1) is 0 Å². The zero-order valence-electron chi connectivity index (χ0n) is 15.3. The van der Waals surface area contributed by atoms with Crippen LogP contribution >= 0.6 is 0 Å². The minimum atomic E-state index is -0.0483. The molecule has 2 aromatic carbocycles. The van der Waals surface area contributed by atoms with Crippen LogP contribution < -0.4 is 10.6 Å². The monoisotopic (exact) mass is 360 g/mol. The van der Waals surface area contributed by atoms with Gasteiger partial charge in [0.1, 0.15) is 0 Å². The molecule has 1 aromatic heterocycles. The Balaban J connectivity index is 1.37. The molecule has 0 radical (unpaired) electrons. The first-order chi connectivity index (χ1) is 13.3. The maximum absolute atomic E-state index is 12.5. The minimum absolute atomic E-state index is 0.0483. The molecular formula is C22H24N4O. The predicted molar refractivity (Wildman–Crippen MR) is 106 cm³/mol. The number of aromatic nitrogens is 2. The Labute approximate surface area is 159 Å². The second-order valence-corrected chi connectivity index (χ2v) is 6.97. The van der Waals surface area contributed by atoms with Crippen LogP contribution in [0.2, 0.25) is 0 Å². The van der Waals surface area contributed by atoms with E-state index in [1.807, 2.05) is 53.3 Å². The molecule has 0 spiro atoms. The Morgan fingerprint density at radius 1 is 1.19 bits per heavy atom. The highest BCUT2D eigenvalue weighted by Gasteiger charge is 2.15. The maximum atomic E-state index is 12.5. The third-order valence-electron chi connectivity index (χ3n) is 5.07. The Morgan fingerprint density at radius 2 is 2.07 bits per heavy atom. The SMILES string of the molecule is O=C(NCc1cccc(-n2cccn2)c1)c1ccc(C2CCCNC2)cc1. The number of carbonyl (C=O) groups is 1. The largest absolute Gasteiger partial charge is 0.348 e. The first-order valence-electron chi connectivity index (χ1n) is 9.47. The van der Waals surface area contributed by atoms with Gasteiger partial charge in [-0.1, -0.05) is 24.3 Å². The normalized spacial score (nSPS) is 16.8.